The van der Waals surface area contributed by atoms with Gasteiger partial charge in [-0.2, -0.15) is 0 Å². The number of hydrogen-bond donors (Lipinski definition) is 1. The van der Waals surface area contributed by atoms with Crippen LogP contribution in [0.4, 0.5) is 9.52 Å². The number of aromatic nitrogens is 1. The van der Waals surface area contributed by atoms with Gasteiger partial charge in [0.25, 0.3) is 5.91 Å². The molecule has 0 bridgehead atoms. The summed E-state index contributed by atoms with van der Waals surface area (Å²) in [5.74, 6) is -1.52. The average molecular weight is 461 g/mol. The maximum absolute atomic E-state index is 12.8. The third-order valence-electron chi connectivity index (χ3n) is 3.50. The first-order valence-electron chi connectivity index (χ1n) is 8.11. The zero-order chi connectivity index (χ0) is 19.9. The van der Waals surface area contributed by atoms with E-state index in [9.17, 15) is 14.0 Å². The molecule has 0 aliphatic carbocycles. The lowest BCUT2D eigenvalue weighted by Crippen LogP contribution is -2.20. The zero-order valence-corrected chi connectivity index (χ0v) is 16.8. The van der Waals surface area contributed by atoms with E-state index in [1.165, 1.54) is 47.8 Å². The van der Waals surface area contributed by atoms with Gasteiger partial charge in [-0.1, -0.05) is 40.2 Å². The van der Waals surface area contributed by atoms with Gasteiger partial charge in [-0.15, -0.1) is 11.3 Å². The first-order chi connectivity index (χ1) is 13.5. The zero-order valence-electron chi connectivity index (χ0n) is 14.4. The molecular weight excluding hydrogens is 447 g/mol. The molecule has 3 rings (SSSR count). The second-order valence-corrected chi connectivity index (χ2v) is 7.36. The summed E-state index contributed by atoms with van der Waals surface area (Å²) in [6, 6.07) is 13.3. The number of anilines is 1. The second-order valence-electron chi connectivity index (χ2n) is 5.59. The number of carbonyl (C=O) groups is 2. The fourth-order valence-corrected chi connectivity index (χ4v) is 3.32. The fourth-order valence-electron chi connectivity index (χ4n) is 2.19. The van der Waals surface area contributed by atoms with E-state index >= 15 is 0 Å². The third-order valence-corrected chi connectivity index (χ3v) is 4.75. The number of esters is 1. The van der Waals surface area contributed by atoms with Crippen molar-refractivity contribution in [3.63, 3.8) is 0 Å². The van der Waals surface area contributed by atoms with Crippen LogP contribution in [0.15, 0.2) is 64.5 Å². The Bertz CT molecular complexity index is 1020. The molecule has 142 valence electrons. The largest absolute Gasteiger partial charge is 0.452 e. The molecule has 8 heteroatoms. The van der Waals surface area contributed by atoms with Gasteiger partial charge in [0.05, 0.1) is 5.69 Å². The summed E-state index contributed by atoms with van der Waals surface area (Å²) in [6.45, 7) is -0.432. The van der Waals surface area contributed by atoms with Gasteiger partial charge in [-0.05, 0) is 35.9 Å². The summed E-state index contributed by atoms with van der Waals surface area (Å²) in [6.07, 6.45) is 2.65. The van der Waals surface area contributed by atoms with Crippen LogP contribution in [0, 0.1) is 5.82 Å². The van der Waals surface area contributed by atoms with Crippen LogP contribution in [0.1, 0.15) is 5.56 Å². The molecule has 1 aromatic heterocycles. The summed E-state index contributed by atoms with van der Waals surface area (Å²) in [7, 11) is 0. The number of benzene rings is 2. The molecule has 0 saturated carbocycles. The van der Waals surface area contributed by atoms with E-state index in [4.69, 9.17) is 4.74 Å². The van der Waals surface area contributed by atoms with E-state index in [2.05, 4.69) is 26.2 Å². The second kappa shape index (κ2) is 9.38. The number of amides is 1. The highest BCUT2D eigenvalue weighted by molar-refractivity contribution is 9.10. The van der Waals surface area contributed by atoms with Crippen molar-refractivity contribution >= 4 is 50.4 Å². The summed E-state index contributed by atoms with van der Waals surface area (Å²) in [5, 5.41) is 4.84. The molecule has 0 spiro atoms. The summed E-state index contributed by atoms with van der Waals surface area (Å²) in [4.78, 5) is 28.0. The number of thiazole rings is 1. The van der Waals surface area contributed by atoms with Crippen molar-refractivity contribution in [2.24, 2.45) is 0 Å². The molecule has 1 heterocycles. The van der Waals surface area contributed by atoms with Gasteiger partial charge >= 0.3 is 5.97 Å². The predicted octanol–water partition coefficient (Wildman–Crippen LogP) is 4.91. The van der Waals surface area contributed by atoms with Gasteiger partial charge in [-0.25, -0.2) is 14.2 Å². The Morgan fingerprint density at radius 1 is 1.21 bits per heavy atom. The SMILES string of the molecule is O=C(COC(=O)C=Cc1ccc(F)cc1)Nc1nc(-c2cccc(Br)c2)cs1. The van der Waals surface area contributed by atoms with Crippen LogP contribution in [0.3, 0.4) is 0 Å². The Morgan fingerprint density at radius 2 is 2.00 bits per heavy atom. The highest BCUT2D eigenvalue weighted by Crippen LogP contribution is 2.26. The number of hydrogen-bond acceptors (Lipinski definition) is 5. The Morgan fingerprint density at radius 3 is 2.75 bits per heavy atom. The fraction of sp³-hybridized carbons (Fsp3) is 0.0500. The van der Waals surface area contributed by atoms with Gasteiger partial charge in [0.1, 0.15) is 5.82 Å². The van der Waals surface area contributed by atoms with E-state index in [1.807, 2.05) is 29.6 Å². The third kappa shape index (κ3) is 5.83. The lowest BCUT2D eigenvalue weighted by Gasteiger charge is -2.02. The first kappa shape index (κ1) is 19.9. The van der Waals surface area contributed by atoms with Gasteiger partial charge in [0, 0.05) is 21.5 Å². The van der Waals surface area contributed by atoms with Crippen LogP contribution in [0.2, 0.25) is 0 Å². The normalized spacial score (nSPS) is 10.8. The number of carbonyl (C=O) groups excluding carboxylic acids is 2. The molecule has 0 unspecified atom stereocenters. The number of nitrogens with zero attached hydrogens (tertiary/aromatic N) is 1. The Balaban J connectivity index is 1.49. The molecule has 5 nitrogen and oxygen atoms in total. The van der Waals surface area contributed by atoms with Crippen molar-refractivity contribution < 1.29 is 18.7 Å². The molecule has 0 aliphatic rings. The van der Waals surface area contributed by atoms with Gasteiger partial charge in [0.2, 0.25) is 0 Å². The van der Waals surface area contributed by atoms with Crippen LogP contribution in [-0.4, -0.2) is 23.5 Å². The van der Waals surface area contributed by atoms with Crippen molar-refractivity contribution in [2.45, 2.75) is 0 Å². The van der Waals surface area contributed by atoms with E-state index < -0.39 is 18.5 Å². The maximum atomic E-state index is 12.8. The molecule has 3 aromatic rings. The average Bonchev–Trinajstić information content (AvgIpc) is 3.14. The minimum atomic E-state index is -0.673. The molecule has 1 N–H and O–H groups in total. The Labute approximate surface area is 173 Å². The molecule has 2 aromatic carbocycles. The lowest BCUT2D eigenvalue weighted by molar-refractivity contribution is -0.142. The highest BCUT2D eigenvalue weighted by Gasteiger charge is 2.10. The van der Waals surface area contributed by atoms with Crippen molar-refractivity contribution in [2.75, 3.05) is 11.9 Å². The minimum absolute atomic E-state index is 0.360. The van der Waals surface area contributed by atoms with E-state index in [0.29, 0.717) is 10.7 Å². The molecule has 1 amide bonds. The standard InChI is InChI=1S/C20H14BrFN2O3S/c21-15-3-1-2-14(10-15)17-12-28-20(23-17)24-18(25)11-27-19(26)9-6-13-4-7-16(22)8-5-13/h1-10,12H,11H2,(H,23,24,25). The maximum Gasteiger partial charge on any atom is 0.331 e. The summed E-state index contributed by atoms with van der Waals surface area (Å²) in [5.41, 5.74) is 2.30. The molecule has 0 aliphatic heterocycles. The van der Waals surface area contributed by atoms with Crippen molar-refractivity contribution in [3.8, 4) is 11.3 Å². The van der Waals surface area contributed by atoms with Crippen LogP contribution in [-0.2, 0) is 14.3 Å². The van der Waals surface area contributed by atoms with Crippen LogP contribution < -0.4 is 5.32 Å². The number of rotatable bonds is 6. The van der Waals surface area contributed by atoms with Gasteiger partial charge in [-0.3, -0.25) is 10.1 Å². The Kier molecular flexibility index (Phi) is 6.67. The van der Waals surface area contributed by atoms with Crippen molar-refractivity contribution in [1.82, 2.24) is 4.98 Å². The van der Waals surface area contributed by atoms with Crippen LogP contribution >= 0.6 is 27.3 Å². The molecule has 0 fully saturated rings. The van der Waals surface area contributed by atoms with Gasteiger partial charge in [0.15, 0.2) is 11.7 Å². The van der Waals surface area contributed by atoms with E-state index in [1.54, 1.807) is 0 Å². The van der Waals surface area contributed by atoms with E-state index in [0.717, 1.165) is 15.7 Å². The summed E-state index contributed by atoms with van der Waals surface area (Å²) < 4.78 is 18.6. The van der Waals surface area contributed by atoms with Crippen molar-refractivity contribution in [1.29, 1.82) is 0 Å². The number of nitrogens with one attached hydrogen (secondary N) is 1. The van der Waals surface area contributed by atoms with Crippen molar-refractivity contribution in [3.05, 3.63) is 75.8 Å². The predicted molar refractivity (Wildman–Crippen MR) is 110 cm³/mol. The first-order valence-corrected chi connectivity index (χ1v) is 9.78. The molecular formula is C20H14BrFN2O3S. The monoisotopic (exact) mass is 460 g/mol. The smallest absolute Gasteiger partial charge is 0.331 e. The van der Waals surface area contributed by atoms with Crippen LogP contribution in [0.25, 0.3) is 17.3 Å². The minimum Gasteiger partial charge on any atom is -0.452 e. The van der Waals surface area contributed by atoms with E-state index in [-0.39, 0.29) is 5.82 Å². The quantitative estimate of drug-likeness (QED) is 0.419. The number of ether oxygens (including phenoxy) is 1. The molecule has 0 atom stereocenters. The lowest BCUT2D eigenvalue weighted by atomic mass is 10.2. The highest BCUT2D eigenvalue weighted by atomic mass is 79.9. The van der Waals surface area contributed by atoms with Crippen LogP contribution in [0.5, 0.6) is 0 Å². The molecule has 0 radical (unpaired) electrons. The Hall–Kier alpha value is -2.84. The van der Waals surface area contributed by atoms with Gasteiger partial charge < -0.3 is 4.74 Å². The molecule has 0 saturated heterocycles. The molecule has 28 heavy (non-hydrogen) atoms. The summed E-state index contributed by atoms with van der Waals surface area (Å²) >= 11 is 4.68. The number of halogens is 2. The topological polar surface area (TPSA) is 68.3 Å².